The van der Waals surface area contributed by atoms with Crippen molar-refractivity contribution in [1.82, 2.24) is 0 Å². The molecular weight excluding hydrogens is 249 g/mol. The predicted molar refractivity (Wildman–Crippen MR) is 49.5 cm³/mol. The summed E-state index contributed by atoms with van der Waals surface area (Å²) in [6.07, 6.45) is -5.50. The van der Waals surface area contributed by atoms with Gasteiger partial charge in [-0.3, -0.25) is 4.79 Å². The Bertz CT molecular complexity index is 429. The lowest BCUT2D eigenvalue weighted by molar-refractivity contribution is -0.139. The average molecular weight is 255 g/mol. The van der Waals surface area contributed by atoms with Gasteiger partial charge in [-0.05, 0) is 12.1 Å². The minimum absolute atomic E-state index is 0.277. The smallest absolute Gasteiger partial charge is 0.420 e. The molecule has 0 spiro atoms. The Labute approximate surface area is 93.1 Å². The molecule has 3 nitrogen and oxygen atoms in total. The monoisotopic (exact) mass is 254 g/mol. The van der Waals surface area contributed by atoms with E-state index < -0.39 is 29.9 Å². The zero-order valence-electron chi connectivity index (χ0n) is 7.68. The summed E-state index contributed by atoms with van der Waals surface area (Å²) in [6.45, 7) is 0. The van der Waals surface area contributed by atoms with Crippen molar-refractivity contribution in [3.8, 4) is 5.75 Å². The lowest BCUT2D eigenvalue weighted by atomic mass is 10.1. The van der Waals surface area contributed by atoms with Gasteiger partial charge in [-0.2, -0.15) is 13.2 Å². The third-order valence-corrected chi connectivity index (χ3v) is 2.02. The van der Waals surface area contributed by atoms with Gasteiger partial charge in [0, 0.05) is 10.6 Å². The molecule has 2 N–H and O–H groups in total. The van der Waals surface area contributed by atoms with Crippen molar-refractivity contribution in [3.63, 3.8) is 0 Å². The zero-order chi connectivity index (χ0) is 12.5. The Kier molecular flexibility index (Phi) is 3.32. The average Bonchev–Trinajstić information content (AvgIpc) is 2.07. The molecule has 1 aromatic rings. The van der Waals surface area contributed by atoms with Crippen LogP contribution >= 0.6 is 11.6 Å². The van der Waals surface area contributed by atoms with Gasteiger partial charge in [0.25, 0.3) is 0 Å². The van der Waals surface area contributed by atoms with Crippen LogP contribution in [0.25, 0.3) is 0 Å². The number of phenols is 1. The second-order valence-electron chi connectivity index (χ2n) is 3.03. The summed E-state index contributed by atoms with van der Waals surface area (Å²) in [5.74, 6) is -2.45. The molecule has 0 aliphatic rings. The first-order valence-electron chi connectivity index (χ1n) is 4.02. The molecule has 1 aromatic carbocycles. The first-order valence-corrected chi connectivity index (χ1v) is 4.40. The van der Waals surface area contributed by atoms with Crippen molar-refractivity contribution in [2.75, 3.05) is 0 Å². The van der Waals surface area contributed by atoms with Crippen molar-refractivity contribution in [2.45, 2.75) is 12.6 Å². The van der Waals surface area contributed by atoms with Crippen molar-refractivity contribution in [3.05, 3.63) is 28.3 Å². The van der Waals surface area contributed by atoms with Crippen LogP contribution in [0.1, 0.15) is 11.1 Å². The highest BCUT2D eigenvalue weighted by atomic mass is 35.5. The highest BCUT2D eigenvalue weighted by Crippen LogP contribution is 2.39. The van der Waals surface area contributed by atoms with Crippen LogP contribution in [0.15, 0.2) is 12.1 Å². The van der Waals surface area contributed by atoms with Crippen LogP contribution in [0.3, 0.4) is 0 Å². The number of carboxylic acid groups (broad SMARTS) is 1. The van der Waals surface area contributed by atoms with E-state index in [0.29, 0.717) is 6.07 Å². The molecule has 0 atom stereocenters. The second-order valence-corrected chi connectivity index (χ2v) is 3.47. The van der Waals surface area contributed by atoms with Gasteiger partial charge < -0.3 is 10.2 Å². The summed E-state index contributed by atoms with van der Waals surface area (Å²) >= 11 is 5.41. The van der Waals surface area contributed by atoms with E-state index in [1.807, 2.05) is 0 Å². The fraction of sp³-hybridized carbons (Fsp3) is 0.222. The molecule has 0 fully saturated rings. The Morgan fingerprint density at radius 1 is 1.38 bits per heavy atom. The molecule has 1 rings (SSSR count). The first-order chi connectivity index (χ1) is 7.21. The molecule has 0 radical (unpaired) electrons. The van der Waals surface area contributed by atoms with E-state index in [1.54, 1.807) is 0 Å². The van der Waals surface area contributed by atoms with Gasteiger partial charge in [-0.15, -0.1) is 0 Å². The van der Waals surface area contributed by atoms with Gasteiger partial charge in [-0.25, -0.2) is 0 Å². The molecule has 0 aliphatic carbocycles. The van der Waals surface area contributed by atoms with Crippen LogP contribution in [-0.2, 0) is 17.4 Å². The van der Waals surface area contributed by atoms with Crippen molar-refractivity contribution in [1.29, 1.82) is 0 Å². The molecule has 16 heavy (non-hydrogen) atoms. The molecule has 7 heteroatoms. The largest absolute Gasteiger partial charge is 0.507 e. The SMILES string of the molecule is O=C(O)Cc1cc(Cl)cc(C(F)(F)F)c1O. The molecule has 0 bridgehead atoms. The van der Waals surface area contributed by atoms with Crippen LogP contribution in [0.2, 0.25) is 5.02 Å². The van der Waals surface area contributed by atoms with Gasteiger partial charge in [0.2, 0.25) is 0 Å². The van der Waals surface area contributed by atoms with Gasteiger partial charge in [0.1, 0.15) is 5.75 Å². The van der Waals surface area contributed by atoms with Crippen LogP contribution in [0.4, 0.5) is 13.2 Å². The van der Waals surface area contributed by atoms with E-state index in [4.69, 9.17) is 16.7 Å². The van der Waals surface area contributed by atoms with Crippen molar-refractivity contribution >= 4 is 17.6 Å². The zero-order valence-corrected chi connectivity index (χ0v) is 8.43. The molecule has 0 aromatic heterocycles. The maximum absolute atomic E-state index is 12.4. The molecule has 0 aliphatic heterocycles. The van der Waals surface area contributed by atoms with Crippen molar-refractivity contribution in [2.24, 2.45) is 0 Å². The van der Waals surface area contributed by atoms with E-state index in [9.17, 15) is 23.1 Å². The highest BCUT2D eigenvalue weighted by Gasteiger charge is 2.35. The normalized spacial score (nSPS) is 11.5. The fourth-order valence-corrected chi connectivity index (χ4v) is 1.41. The Hall–Kier alpha value is -1.43. The number of alkyl halides is 3. The van der Waals surface area contributed by atoms with Crippen LogP contribution in [0.5, 0.6) is 5.75 Å². The summed E-state index contributed by atoms with van der Waals surface area (Å²) in [5, 5.41) is 17.4. The first kappa shape index (κ1) is 12.6. The summed E-state index contributed by atoms with van der Waals surface area (Å²) in [5.41, 5.74) is -1.71. The number of halogens is 4. The van der Waals surface area contributed by atoms with Crippen LogP contribution in [-0.4, -0.2) is 16.2 Å². The van der Waals surface area contributed by atoms with Gasteiger partial charge in [0.15, 0.2) is 0 Å². The lowest BCUT2D eigenvalue weighted by Gasteiger charge is -2.12. The van der Waals surface area contributed by atoms with Crippen LogP contribution < -0.4 is 0 Å². The van der Waals surface area contributed by atoms with E-state index in [0.717, 1.165) is 6.07 Å². The van der Waals surface area contributed by atoms with E-state index in [2.05, 4.69) is 0 Å². The summed E-state index contributed by atoms with van der Waals surface area (Å²) in [4.78, 5) is 10.4. The topological polar surface area (TPSA) is 57.5 Å². The minimum Gasteiger partial charge on any atom is -0.507 e. The van der Waals surface area contributed by atoms with Gasteiger partial charge in [-0.1, -0.05) is 11.6 Å². The summed E-state index contributed by atoms with van der Waals surface area (Å²) < 4.78 is 37.1. The number of hydrogen-bond donors (Lipinski definition) is 2. The molecule has 0 amide bonds. The molecule has 0 heterocycles. The number of carboxylic acids is 1. The Morgan fingerprint density at radius 3 is 2.38 bits per heavy atom. The molecule has 0 unspecified atom stereocenters. The highest BCUT2D eigenvalue weighted by molar-refractivity contribution is 6.30. The predicted octanol–water partition coefficient (Wildman–Crippen LogP) is 2.69. The van der Waals surface area contributed by atoms with E-state index in [-0.39, 0.29) is 10.6 Å². The summed E-state index contributed by atoms with van der Waals surface area (Å²) in [6, 6.07) is 1.53. The molecule has 0 saturated carbocycles. The third kappa shape index (κ3) is 2.79. The standard InChI is InChI=1S/C9H6ClF3O3/c10-5-1-4(2-7(14)15)8(16)6(3-5)9(11,12)13/h1,3,16H,2H2,(H,14,15). The van der Waals surface area contributed by atoms with Gasteiger partial charge >= 0.3 is 12.1 Å². The molecule has 88 valence electrons. The second kappa shape index (κ2) is 4.21. The van der Waals surface area contributed by atoms with E-state index in [1.165, 1.54) is 0 Å². The Morgan fingerprint density at radius 2 is 1.94 bits per heavy atom. The number of aliphatic carboxylic acids is 1. The number of hydrogen-bond acceptors (Lipinski definition) is 2. The third-order valence-electron chi connectivity index (χ3n) is 1.80. The fourth-order valence-electron chi connectivity index (χ4n) is 1.17. The molecule has 0 saturated heterocycles. The quantitative estimate of drug-likeness (QED) is 0.853. The maximum Gasteiger partial charge on any atom is 0.420 e. The van der Waals surface area contributed by atoms with Gasteiger partial charge in [0.05, 0.1) is 12.0 Å². The maximum atomic E-state index is 12.4. The molecular formula is C9H6ClF3O3. The number of phenolic OH excluding ortho intramolecular Hbond substituents is 1. The number of carbonyl (C=O) groups is 1. The van der Waals surface area contributed by atoms with E-state index >= 15 is 0 Å². The summed E-state index contributed by atoms with van der Waals surface area (Å²) in [7, 11) is 0. The Balaban J connectivity index is 3.32. The number of aromatic hydroxyl groups is 1. The van der Waals surface area contributed by atoms with Crippen LogP contribution in [0, 0.1) is 0 Å². The van der Waals surface area contributed by atoms with Crippen molar-refractivity contribution < 1.29 is 28.2 Å². The number of benzene rings is 1. The lowest BCUT2D eigenvalue weighted by Crippen LogP contribution is -2.08. The minimum atomic E-state index is -4.78. The number of rotatable bonds is 2.